The SMILES string of the molecule is COC(=O)c1ccc(C[C@H]2CCCN2C(=O)OC(C)(C)C)cc1OC. The largest absolute Gasteiger partial charge is 0.496 e. The molecule has 0 saturated carbocycles. The number of ether oxygens (including phenoxy) is 3. The number of amides is 1. The summed E-state index contributed by atoms with van der Waals surface area (Å²) in [6, 6.07) is 5.49. The Labute approximate surface area is 149 Å². The van der Waals surface area contributed by atoms with Crippen molar-refractivity contribution in [3.63, 3.8) is 0 Å². The van der Waals surface area contributed by atoms with Crippen molar-refractivity contribution >= 4 is 12.1 Å². The molecule has 2 rings (SSSR count). The number of carbonyl (C=O) groups excluding carboxylic acids is 2. The van der Waals surface area contributed by atoms with Crippen LogP contribution in [0.5, 0.6) is 5.75 Å². The maximum absolute atomic E-state index is 12.4. The maximum Gasteiger partial charge on any atom is 0.410 e. The lowest BCUT2D eigenvalue weighted by Crippen LogP contribution is -2.40. The van der Waals surface area contributed by atoms with E-state index in [1.807, 2.05) is 32.9 Å². The van der Waals surface area contributed by atoms with Gasteiger partial charge in [-0.2, -0.15) is 0 Å². The maximum atomic E-state index is 12.4. The summed E-state index contributed by atoms with van der Waals surface area (Å²) in [6.07, 6.45) is 2.31. The number of benzene rings is 1. The molecule has 1 aromatic rings. The number of hydrogen-bond acceptors (Lipinski definition) is 5. The fraction of sp³-hybridized carbons (Fsp3) is 0.579. The third-order valence-electron chi connectivity index (χ3n) is 4.15. The molecule has 0 N–H and O–H groups in total. The molecule has 0 bridgehead atoms. The van der Waals surface area contributed by atoms with Crippen molar-refractivity contribution < 1.29 is 23.8 Å². The molecule has 1 fully saturated rings. The van der Waals surface area contributed by atoms with Crippen LogP contribution in [0.2, 0.25) is 0 Å². The topological polar surface area (TPSA) is 65.1 Å². The molecular weight excluding hydrogens is 322 g/mol. The van der Waals surface area contributed by atoms with Crippen LogP contribution in [0.25, 0.3) is 0 Å². The van der Waals surface area contributed by atoms with Gasteiger partial charge in [-0.05, 0) is 57.7 Å². The number of hydrogen-bond donors (Lipinski definition) is 0. The molecule has 1 aromatic carbocycles. The van der Waals surface area contributed by atoms with Crippen LogP contribution in [0, 0.1) is 0 Å². The van der Waals surface area contributed by atoms with Crippen molar-refractivity contribution in [1.29, 1.82) is 0 Å². The van der Waals surface area contributed by atoms with Gasteiger partial charge < -0.3 is 19.1 Å². The highest BCUT2D eigenvalue weighted by molar-refractivity contribution is 5.92. The number of nitrogens with zero attached hydrogens (tertiary/aromatic N) is 1. The van der Waals surface area contributed by atoms with Gasteiger partial charge in [-0.15, -0.1) is 0 Å². The normalized spacial score (nSPS) is 17.3. The molecule has 1 atom stereocenters. The fourth-order valence-electron chi connectivity index (χ4n) is 3.02. The zero-order chi connectivity index (χ0) is 18.6. The smallest absolute Gasteiger partial charge is 0.410 e. The van der Waals surface area contributed by atoms with Crippen molar-refractivity contribution in [1.82, 2.24) is 4.90 Å². The molecule has 1 aliphatic heterocycles. The number of rotatable bonds is 4. The lowest BCUT2D eigenvalue weighted by Gasteiger charge is -2.28. The minimum atomic E-state index is -0.504. The minimum Gasteiger partial charge on any atom is -0.496 e. The Balaban J connectivity index is 2.12. The molecule has 6 nitrogen and oxygen atoms in total. The van der Waals surface area contributed by atoms with Crippen molar-refractivity contribution in [2.24, 2.45) is 0 Å². The average Bonchev–Trinajstić information content (AvgIpc) is 3.00. The minimum absolute atomic E-state index is 0.0866. The molecule has 0 spiro atoms. The number of likely N-dealkylation sites (tertiary alicyclic amines) is 1. The highest BCUT2D eigenvalue weighted by Gasteiger charge is 2.32. The fourth-order valence-corrected chi connectivity index (χ4v) is 3.02. The van der Waals surface area contributed by atoms with Crippen LogP contribution in [0.1, 0.15) is 49.5 Å². The van der Waals surface area contributed by atoms with E-state index in [9.17, 15) is 9.59 Å². The summed E-state index contributed by atoms with van der Waals surface area (Å²) in [6.45, 7) is 6.31. The Bertz CT molecular complexity index is 635. The predicted octanol–water partition coefficient (Wildman–Crippen LogP) is 3.42. The summed E-state index contributed by atoms with van der Waals surface area (Å²) in [5, 5.41) is 0. The first kappa shape index (κ1) is 19.1. The predicted molar refractivity (Wildman–Crippen MR) is 94.0 cm³/mol. The summed E-state index contributed by atoms with van der Waals surface area (Å²) in [4.78, 5) is 25.9. The van der Waals surface area contributed by atoms with Gasteiger partial charge >= 0.3 is 12.1 Å². The van der Waals surface area contributed by atoms with Crippen LogP contribution in [0.15, 0.2) is 18.2 Å². The number of carbonyl (C=O) groups is 2. The standard InChI is InChI=1S/C19H27NO5/c1-19(2,3)25-18(22)20-10-6-7-14(20)11-13-8-9-15(17(21)24-5)16(12-13)23-4/h8-9,12,14H,6-7,10-11H2,1-5H3/t14-/m1/s1. The molecule has 0 aromatic heterocycles. The van der Waals surface area contributed by atoms with Crippen LogP contribution in [-0.4, -0.2) is 49.4 Å². The van der Waals surface area contributed by atoms with Crippen LogP contribution in [-0.2, 0) is 15.9 Å². The summed E-state index contributed by atoms with van der Waals surface area (Å²) >= 11 is 0. The molecule has 0 unspecified atom stereocenters. The van der Waals surface area contributed by atoms with Gasteiger partial charge in [0.2, 0.25) is 0 Å². The van der Waals surface area contributed by atoms with Crippen LogP contribution in [0.4, 0.5) is 4.79 Å². The van der Waals surface area contributed by atoms with Gasteiger partial charge in [0.25, 0.3) is 0 Å². The van der Waals surface area contributed by atoms with E-state index >= 15 is 0 Å². The van der Waals surface area contributed by atoms with E-state index in [1.165, 1.54) is 14.2 Å². The number of methoxy groups -OCH3 is 2. The van der Waals surface area contributed by atoms with E-state index in [2.05, 4.69) is 0 Å². The zero-order valence-corrected chi connectivity index (χ0v) is 15.6. The van der Waals surface area contributed by atoms with Gasteiger partial charge in [-0.1, -0.05) is 6.07 Å². The molecule has 1 saturated heterocycles. The van der Waals surface area contributed by atoms with Crippen LogP contribution in [0.3, 0.4) is 0 Å². The molecular formula is C19H27NO5. The summed E-state index contributed by atoms with van der Waals surface area (Å²) in [5.74, 6) is 0.0470. The zero-order valence-electron chi connectivity index (χ0n) is 15.6. The monoisotopic (exact) mass is 349 g/mol. The Morgan fingerprint density at radius 1 is 1.24 bits per heavy atom. The van der Waals surface area contributed by atoms with Gasteiger partial charge in [-0.3, -0.25) is 0 Å². The molecule has 6 heteroatoms. The lowest BCUT2D eigenvalue weighted by atomic mass is 10.0. The van der Waals surface area contributed by atoms with Gasteiger partial charge in [0.1, 0.15) is 16.9 Å². The Morgan fingerprint density at radius 3 is 2.56 bits per heavy atom. The van der Waals surface area contributed by atoms with E-state index in [0.717, 1.165) is 18.4 Å². The third kappa shape index (κ3) is 4.87. The molecule has 0 radical (unpaired) electrons. The highest BCUT2D eigenvalue weighted by Crippen LogP contribution is 2.27. The second kappa shape index (κ2) is 7.76. The average molecular weight is 349 g/mol. The lowest BCUT2D eigenvalue weighted by molar-refractivity contribution is 0.0226. The summed E-state index contributed by atoms with van der Waals surface area (Å²) in [5.41, 5.74) is 0.893. The van der Waals surface area contributed by atoms with Gasteiger partial charge in [0, 0.05) is 12.6 Å². The van der Waals surface area contributed by atoms with Crippen molar-refractivity contribution in [3.05, 3.63) is 29.3 Å². The van der Waals surface area contributed by atoms with E-state index in [0.29, 0.717) is 24.3 Å². The van der Waals surface area contributed by atoms with Crippen LogP contribution >= 0.6 is 0 Å². The third-order valence-corrected chi connectivity index (χ3v) is 4.15. The van der Waals surface area contributed by atoms with E-state index in [4.69, 9.17) is 14.2 Å². The van der Waals surface area contributed by atoms with Gasteiger partial charge in [0.05, 0.1) is 14.2 Å². The Hall–Kier alpha value is -2.24. The highest BCUT2D eigenvalue weighted by atomic mass is 16.6. The van der Waals surface area contributed by atoms with E-state index < -0.39 is 11.6 Å². The van der Waals surface area contributed by atoms with E-state index in [-0.39, 0.29) is 12.1 Å². The van der Waals surface area contributed by atoms with Crippen LogP contribution < -0.4 is 4.74 Å². The Kier molecular flexibility index (Phi) is 5.93. The number of esters is 1. The quantitative estimate of drug-likeness (QED) is 0.779. The summed E-state index contributed by atoms with van der Waals surface area (Å²) in [7, 11) is 2.86. The van der Waals surface area contributed by atoms with Gasteiger partial charge in [-0.25, -0.2) is 9.59 Å². The van der Waals surface area contributed by atoms with Crippen molar-refractivity contribution in [2.75, 3.05) is 20.8 Å². The Morgan fingerprint density at radius 2 is 1.96 bits per heavy atom. The van der Waals surface area contributed by atoms with Crippen molar-refractivity contribution in [3.8, 4) is 5.75 Å². The first-order valence-corrected chi connectivity index (χ1v) is 8.50. The van der Waals surface area contributed by atoms with Gasteiger partial charge in [0.15, 0.2) is 0 Å². The molecule has 1 amide bonds. The molecule has 138 valence electrons. The second-order valence-corrected chi connectivity index (χ2v) is 7.20. The van der Waals surface area contributed by atoms with Crippen molar-refractivity contribution in [2.45, 2.75) is 51.7 Å². The van der Waals surface area contributed by atoms with E-state index in [1.54, 1.807) is 11.0 Å². The molecule has 0 aliphatic carbocycles. The molecule has 1 aliphatic rings. The molecule has 1 heterocycles. The first-order chi connectivity index (χ1) is 11.7. The summed E-state index contributed by atoms with van der Waals surface area (Å²) < 4.78 is 15.6. The molecule has 25 heavy (non-hydrogen) atoms. The second-order valence-electron chi connectivity index (χ2n) is 7.20. The first-order valence-electron chi connectivity index (χ1n) is 8.50.